The van der Waals surface area contributed by atoms with Gasteiger partial charge in [-0.15, -0.1) is 0 Å². The Bertz CT molecular complexity index is 1400. The summed E-state index contributed by atoms with van der Waals surface area (Å²) in [6.45, 7) is 0. The van der Waals surface area contributed by atoms with Crippen LogP contribution in [0.3, 0.4) is 0 Å². The largest absolute Gasteiger partial charge is 0.416 e. The fraction of sp³-hybridized carbons (Fsp3) is 0.143. The summed E-state index contributed by atoms with van der Waals surface area (Å²) in [4.78, 5) is 0.460. The van der Waals surface area contributed by atoms with Crippen LogP contribution in [0.1, 0.15) is 22.3 Å². The highest BCUT2D eigenvalue weighted by Gasteiger charge is 2.40. The molecule has 0 aromatic heterocycles. The number of alkyl halides is 12. The van der Waals surface area contributed by atoms with E-state index in [-0.39, 0.29) is 42.1 Å². The monoisotopic (exact) mass is 608 g/mol. The minimum absolute atomic E-state index is 0.207. The zero-order valence-electron chi connectivity index (χ0n) is 20.6. The van der Waals surface area contributed by atoms with E-state index in [1.807, 2.05) is 0 Å². The van der Waals surface area contributed by atoms with Crippen LogP contribution < -0.4 is 10.2 Å². The second-order valence-corrected chi connectivity index (χ2v) is 8.90. The van der Waals surface area contributed by atoms with Gasteiger partial charge in [-0.25, -0.2) is 0 Å². The van der Waals surface area contributed by atoms with Gasteiger partial charge in [-0.05, 0) is 72.8 Å². The normalized spacial score (nSPS) is 12.8. The summed E-state index contributed by atoms with van der Waals surface area (Å²) < 4.78 is 163. The third kappa shape index (κ3) is 7.09. The minimum atomic E-state index is -5.34. The number of para-hydroxylation sites is 1. The van der Waals surface area contributed by atoms with Crippen LogP contribution in [0.5, 0.6) is 0 Å². The van der Waals surface area contributed by atoms with Crippen LogP contribution in [0, 0.1) is 0 Å². The lowest BCUT2D eigenvalue weighted by Crippen LogP contribution is -2.18. The molecule has 42 heavy (non-hydrogen) atoms. The van der Waals surface area contributed by atoms with Gasteiger partial charge < -0.3 is 10.2 Å². The van der Waals surface area contributed by atoms with Crippen molar-refractivity contribution in [1.29, 1.82) is 0 Å². The molecule has 0 fully saturated rings. The van der Waals surface area contributed by atoms with E-state index in [9.17, 15) is 52.7 Å². The molecular formula is C28H16F12N2. The first-order valence-corrected chi connectivity index (χ1v) is 11.6. The number of benzene rings is 4. The van der Waals surface area contributed by atoms with E-state index in [1.165, 1.54) is 12.1 Å². The van der Waals surface area contributed by atoms with Gasteiger partial charge in [0.25, 0.3) is 0 Å². The smallest absolute Gasteiger partial charge is 0.356 e. The second-order valence-electron chi connectivity index (χ2n) is 8.90. The Morgan fingerprint density at radius 2 is 0.714 bits per heavy atom. The van der Waals surface area contributed by atoms with Crippen molar-refractivity contribution in [2.24, 2.45) is 0 Å². The molecule has 2 nitrogen and oxygen atoms in total. The molecule has 222 valence electrons. The highest BCUT2D eigenvalue weighted by Crippen LogP contribution is 2.45. The highest BCUT2D eigenvalue weighted by molar-refractivity contribution is 5.79. The molecule has 14 heteroatoms. The highest BCUT2D eigenvalue weighted by atomic mass is 19.4. The van der Waals surface area contributed by atoms with Crippen molar-refractivity contribution in [3.8, 4) is 0 Å². The Labute approximate surface area is 229 Å². The molecule has 0 aliphatic heterocycles. The lowest BCUT2D eigenvalue weighted by molar-refractivity contribution is -0.144. The topological polar surface area (TPSA) is 15.3 Å². The average molecular weight is 608 g/mol. The Morgan fingerprint density at radius 1 is 0.381 bits per heavy atom. The van der Waals surface area contributed by atoms with Gasteiger partial charge in [0.1, 0.15) is 0 Å². The van der Waals surface area contributed by atoms with Crippen LogP contribution in [0.25, 0.3) is 0 Å². The van der Waals surface area contributed by atoms with E-state index in [0.717, 1.165) is 12.1 Å². The van der Waals surface area contributed by atoms with Crippen LogP contribution in [0.2, 0.25) is 0 Å². The molecule has 0 saturated heterocycles. The fourth-order valence-electron chi connectivity index (χ4n) is 3.96. The molecular weight excluding hydrogens is 592 g/mol. The van der Waals surface area contributed by atoms with Gasteiger partial charge in [-0.1, -0.05) is 18.2 Å². The summed E-state index contributed by atoms with van der Waals surface area (Å²) >= 11 is 0. The number of hydrogen-bond donors (Lipinski definition) is 1. The number of anilines is 5. The van der Waals surface area contributed by atoms with Gasteiger partial charge in [-0.3, -0.25) is 0 Å². The molecule has 4 aromatic rings. The average Bonchev–Trinajstić information content (AvgIpc) is 2.88. The van der Waals surface area contributed by atoms with Crippen LogP contribution in [-0.4, -0.2) is 0 Å². The summed E-state index contributed by atoms with van der Waals surface area (Å²) in [6.07, 6.45) is -21.3. The van der Waals surface area contributed by atoms with Crippen molar-refractivity contribution in [2.75, 3.05) is 10.2 Å². The number of rotatable bonds is 5. The van der Waals surface area contributed by atoms with Crippen LogP contribution in [0.15, 0.2) is 91.0 Å². The van der Waals surface area contributed by atoms with Crippen molar-refractivity contribution >= 4 is 28.4 Å². The summed E-state index contributed by atoms with van der Waals surface area (Å²) in [5.74, 6) is 0. The van der Waals surface area contributed by atoms with Crippen LogP contribution >= 0.6 is 0 Å². The van der Waals surface area contributed by atoms with Gasteiger partial charge >= 0.3 is 24.7 Å². The molecule has 0 unspecified atom stereocenters. The number of halogens is 12. The van der Waals surface area contributed by atoms with E-state index in [0.29, 0.717) is 16.3 Å². The van der Waals surface area contributed by atoms with Crippen molar-refractivity contribution in [2.45, 2.75) is 24.7 Å². The third-order valence-corrected chi connectivity index (χ3v) is 5.85. The third-order valence-electron chi connectivity index (χ3n) is 5.85. The van der Waals surface area contributed by atoms with Crippen LogP contribution in [0.4, 0.5) is 81.1 Å². The maximum absolute atomic E-state index is 13.6. The van der Waals surface area contributed by atoms with Crippen molar-refractivity contribution < 1.29 is 52.7 Å². The Kier molecular flexibility index (Phi) is 7.87. The molecule has 0 saturated carbocycles. The summed E-state index contributed by atoms with van der Waals surface area (Å²) in [5.41, 5.74) is -8.61. The molecule has 4 aromatic carbocycles. The molecule has 0 atom stereocenters. The van der Waals surface area contributed by atoms with Gasteiger partial charge in [0, 0.05) is 28.4 Å². The quantitative estimate of drug-likeness (QED) is 0.227. The maximum Gasteiger partial charge on any atom is 0.416 e. The first-order valence-electron chi connectivity index (χ1n) is 11.6. The van der Waals surface area contributed by atoms with Crippen molar-refractivity contribution in [1.82, 2.24) is 0 Å². The Balaban J connectivity index is 1.97. The predicted molar refractivity (Wildman–Crippen MR) is 131 cm³/mol. The zero-order valence-corrected chi connectivity index (χ0v) is 20.6. The molecule has 0 heterocycles. The number of hydrogen-bond acceptors (Lipinski definition) is 2. The predicted octanol–water partition coefficient (Wildman–Crippen LogP) is 11.0. The molecule has 0 bridgehead atoms. The summed E-state index contributed by atoms with van der Waals surface area (Å²) in [5, 5.41) is 2.95. The van der Waals surface area contributed by atoms with Crippen LogP contribution in [-0.2, 0) is 24.7 Å². The summed E-state index contributed by atoms with van der Waals surface area (Å²) in [6, 6.07) is 13.7. The molecule has 0 spiro atoms. The molecule has 4 rings (SSSR count). The maximum atomic E-state index is 13.6. The Morgan fingerprint density at radius 3 is 1.05 bits per heavy atom. The lowest BCUT2D eigenvalue weighted by Gasteiger charge is -2.29. The lowest BCUT2D eigenvalue weighted by atomic mass is 10.0. The van der Waals surface area contributed by atoms with E-state index in [1.54, 1.807) is 30.3 Å². The van der Waals surface area contributed by atoms with Gasteiger partial charge in [-0.2, -0.15) is 52.7 Å². The van der Waals surface area contributed by atoms with Gasteiger partial charge in [0.15, 0.2) is 0 Å². The summed E-state index contributed by atoms with van der Waals surface area (Å²) in [7, 11) is 0. The zero-order chi connectivity index (χ0) is 31.1. The molecule has 0 aliphatic rings. The van der Waals surface area contributed by atoms with E-state index < -0.39 is 58.3 Å². The van der Waals surface area contributed by atoms with E-state index in [4.69, 9.17) is 0 Å². The minimum Gasteiger partial charge on any atom is -0.356 e. The first-order chi connectivity index (χ1) is 19.3. The van der Waals surface area contributed by atoms with E-state index >= 15 is 0 Å². The number of nitrogens with one attached hydrogen (secondary N) is 1. The van der Waals surface area contributed by atoms with Crippen molar-refractivity contribution in [3.05, 3.63) is 113 Å². The molecule has 0 radical (unpaired) electrons. The molecule has 0 amide bonds. The first kappa shape index (κ1) is 30.6. The fourth-order valence-corrected chi connectivity index (χ4v) is 3.96. The SMILES string of the molecule is FC(F)(F)c1cc(N(c2ccc(Nc3ccccc3)cc2)c2cc(C(F)(F)F)cc(C(F)(F)F)c2)cc(C(F)(F)F)c1. The van der Waals surface area contributed by atoms with Crippen molar-refractivity contribution in [3.63, 3.8) is 0 Å². The van der Waals surface area contributed by atoms with E-state index in [2.05, 4.69) is 5.32 Å². The number of nitrogens with zero attached hydrogens (tertiary/aromatic N) is 1. The van der Waals surface area contributed by atoms with Gasteiger partial charge in [0.2, 0.25) is 0 Å². The standard InChI is InChI=1S/C28H16F12N2/c29-25(30,31)16-10-17(26(32,33)34)13-23(12-16)42(22-8-6-21(7-9-22)41-20-4-2-1-3-5-20)24-14-18(27(35,36)37)11-19(15-24)28(38,39)40/h1-15,41H. The Hall–Kier alpha value is -4.36. The molecule has 0 aliphatic carbocycles. The second kappa shape index (κ2) is 10.8. The molecule has 1 N–H and O–H groups in total. The van der Waals surface area contributed by atoms with Gasteiger partial charge in [0.05, 0.1) is 22.3 Å².